The molecule has 5 rings (SSSR count). The van der Waals surface area contributed by atoms with E-state index in [1.807, 2.05) is 38.2 Å². The Bertz CT molecular complexity index is 1300. The summed E-state index contributed by atoms with van der Waals surface area (Å²) in [5.74, 6) is 1.27. The van der Waals surface area contributed by atoms with E-state index in [0.717, 1.165) is 22.3 Å². The molecule has 190 valence electrons. The standard InChI is InChI=1S/C25H30N6O5/c1-15-12-27-31-14-19(28-24(23(15)31)36-16(2)18-11-22(32)26-13-18)17-4-5-20(21(10-17)35-3)29-6-8-30(9-7-29)25(33)34/h4-5,10,12,14,16,18H,6-9,11,13H2,1-3H3,(H,26,32)(H,33,34)/t16?,18-/m1/s1. The largest absolute Gasteiger partial charge is 0.495 e. The average Bonchev–Trinajstić information content (AvgIpc) is 3.49. The van der Waals surface area contributed by atoms with Gasteiger partial charge in [-0.2, -0.15) is 5.10 Å². The van der Waals surface area contributed by atoms with Crippen LogP contribution in [0.25, 0.3) is 16.8 Å². The van der Waals surface area contributed by atoms with Crippen LogP contribution in [0.15, 0.2) is 30.6 Å². The van der Waals surface area contributed by atoms with Gasteiger partial charge in [-0.05, 0) is 26.0 Å². The van der Waals surface area contributed by atoms with Gasteiger partial charge in [-0.15, -0.1) is 0 Å². The molecule has 1 unspecified atom stereocenters. The molecule has 0 spiro atoms. The first-order valence-electron chi connectivity index (χ1n) is 12.0. The van der Waals surface area contributed by atoms with Crippen molar-refractivity contribution in [2.75, 3.05) is 44.7 Å². The van der Waals surface area contributed by atoms with Crippen LogP contribution in [-0.2, 0) is 4.79 Å². The second-order valence-corrected chi connectivity index (χ2v) is 9.29. The van der Waals surface area contributed by atoms with Crippen LogP contribution in [0.2, 0.25) is 0 Å². The van der Waals surface area contributed by atoms with Crippen molar-refractivity contribution >= 4 is 23.2 Å². The number of nitrogens with zero attached hydrogens (tertiary/aromatic N) is 5. The quantitative estimate of drug-likeness (QED) is 0.536. The number of carbonyl (C=O) groups is 2. The van der Waals surface area contributed by atoms with E-state index in [1.54, 1.807) is 17.8 Å². The van der Waals surface area contributed by atoms with Crippen LogP contribution in [0.4, 0.5) is 10.5 Å². The third-order valence-corrected chi connectivity index (χ3v) is 6.98. The van der Waals surface area contributed by atoms with Gasteiger partial charge in [0.05, 0.1) is 30.9 Å². The van der Waals surface area contributed by atoms with Gasteiger partial charge < -0.3 is 29.7 Å². The molecule has 2 amide bonds. The molecule has 2 fully saturated rings. The van der Waals surface area contributed by atoms with Crippen molar-refractivity contribution in [3.63, 3.8) is 0 Å². The maximum atomic E-state index is 11.7. The lowest BCUT2D eigenvalue weighted by atomic mass is 10.0. The zero-order valence-electron chi connectivity index (χ0n) is 20.6. The SMILES string of the molecule is COc1cc(-c2cn3ncc(C)c3c(OC(C)[C@H]3CNC(=O)C3)n2)ccc1N1CCN(C(=O)O)CC1. The zero-order chi connectivity index (χ0) is 25.4. The normalized spacial score (nSPS) is 18.9. The van der Waals surface area contributed by atoms with Crippen molar-refractivity contribution in [2.24, 2.45) is 5.92 Å². The second-order valence-electron chi connectivity index (χ2n) is 9.29. The fraction of sp³-hybridized carbons (Fsp3) is 0.440. The summed E-state index contributed by atoms with van der Waals surface area (Å²) in [5.41, 5.74) is 4.16. The lowest BCUT2D eigenvalue weighted by molar-refractivity contribution is -0.119. The van der Waals surface area contributed by atoms with E-state index in [0.29, 0.717) is 56.5 Å². The first-order chi connectivity index (χ1) is 17.3. The summed E-state index contributed by atoms with van der Waals surface area (Å²) < 4.78 is 13.8. The fourth-order valence-electron chi connectivity index (χ4n) is 4.81. The molecule has 2 atom stereocenters. The number of rotatable bonds is 6. The van der Waals surface area contributed by atoms with Gasteiger partial charge in [-0.3, -0.25) is 4.79 Å². The molecule has 0 aliphatic carbocycles. The second kappa shape index (κ2) is 9.56. The minimum absolute atomic E-state index is 0.0411. The monoisotopic (exact) mass is 494 g/mol. The summed E-state index contributed by atoms with van der Waals surface area (Å²) in [4.78, 5) is 31.3. The van der Waals surface area contributed by atoms with Gasteiger partial charge in [0.25, 0.3) is 0 Å². The number of fused-ring (bicyclic) bond motifs is 1. The lowest BCUT2D eigenvalue weighted by Gasteiger charge is -2.35. The molecule has 0 radical (unpaired) electrons. The number of methoxy groups -OCH3 is 1. The maximum absolute atomic E-state index is 11.7. The molecule has 36 heavy (non-hydrogen) atoms. The molecule has 3 aromatic rings. The Labute approximate surface area is 208 Å². The van der Waals surface area contributed by atoms with Crippen molar-refractivity contribution in [3.8, 4) is 22.9 Å². The number of benzene rings is 1. The van der Waals surface area contributed by atoms with Crippen LogP contribution in [0.1, 0.15) is 18.9 Å². The van der Waals surface area contributed by atoms with E-state index in [9.17, 15) is 14.7 Å². The number of piperazine rings is 1. The molecule has 2 N–H and O–H groups in total. The van der Waals surface area contributed by atoms with Crippen LogP contribution >= 0.6 is 0 Å². The molecule has 0 saturated carbocycles. The number of hydrogen-bond acceptors (Lipinski definition) is 7. The maximum Gasteiger partial charge on any atom is 0.407 e. The van der Waals surface area contributed by atoms with E-state index in [4.69, 9.17) is 14.5 Å². The first kappa shape index (κ1) is 23.7. The molecule has 2 aliphatic heterocycles. The van der Waals surface area contributed by atoms with E-state index in [1.165, 1.54) is 4.90 Å². The number of anilines is 1. The third-order valence-electron chi connectivity index (χ3n) is 6.98. The van der Waals surface area contributed by atoms with Crippen molar-refractivity contribution in [1.29, 1.82) is 0 Å². The highest BCUT2D eigenvalue weighted by Gasteiger charge is 2.29. The molecule has 2 saturated heterocycles. The molecule has 4 heterocycles. The molecular weight excluding hydrogens is 464 g/mol. The Morgan fingerprint density at radius 3 is 2.69 bits per heavy atom. The summed E-state index contributed by atoms with van der Waals surface area (Å²) >= 11 is 0. The Morgan fingerprint density at radius 1 is 1.25 bits per heavy atom. The smallest absolute Gasteiger partial charge is 0.407 e. The summed E-state index contributed by atoms with van der Waals surface area (Å²) in [6, 6.07) is 5.87. The molecule has 11 nitrogen and oxygen atoms in total. The van der Waals surface area contributed by atoms with Gasteiger partial charge >= 0.3 is 6.09 Å². The average molecular weight is 495 g/mol. The first-order valence-corrected chi connectivity index (χ1v) is 12.0. The van der Waals surface area contributed by atoms with Gasteiger partial charge in [0.15, 0.2) is 0 Å². The van der Waals surface area contributed by atoms with Crippen LogP contribution in [0, 0.1) is 12.8 Å². The van der Waals surface area contributed by atoms with Gasteiger partial charge in [-0.1, -0.05) is 6.07 Å². The van der Waals surface area contributed by atoms with E-state index in [2.05, 4.69) is 15.3 Å². The van der Waals surface area contributed by atoms with Crippen LogP contribution in [-0.4, -0.2) is 82.5 Å². The number of ether oxygens (including phenoxy) is 2. The third kappa shape index (κ3) is 4.48. The van der Waals surface area contributed by atoms with Gasteiger partial charge in [0, 0.05) is 56.2 Å². The lowest BCUT2D eigenvalue weighted by Crippen LogP contribution is -2.48. The predicted octanol–water partition coefficient (Wildman–Crippen LogP) is 2.42. The molecule has 11 heteroatoms. The van der Waals surface area contributed by atoms with E-state index in [-0.39, 0.29) is 17.9 Å². The van der Waals surface area contributed by atoms with Crippen molar-refractivity contribution in [1.82, 2.24) is 24.8 Å². The zero-order valence-corrected chi connectivity index (χ0v) is 20.6. The number of nitrogens with one attached hydrogen (secondary N) is 1. The Hall–Kier alpha value is -4.02. The van der Waals surface area contributed by atoms with E-state index < -0.39 is 6.09 Å². The van der Waals surface area contributed by atoms with Gasteiger partial charge in [0.2, 0.25) is 11.8 Å². The molecule has 2 aromatic heterocycles. The Balaban J connectivity index is 1.45. The highest BCUT2D eigenvalue weighted by atomic mass is 16.5. The van der Waals surface area contributed by atoms with E-state index >= 15 is 0 Å². The highest BCUT2D eigenvalue weighted by Crippen LogP contribution is 2.35. The van der Waals surface area contributed by atoms with Crippen LogP contribution in [0.3, 0.4) is 0 Å². The summed E-state index contributed by atoms with van der Waals surface area (Å²) in [6.45, 7) is 6.58. The highest BCUT2D eigenvalue weighted by molar-refractivity contribution is 5.78. The number of aromatic nitrogens is 3. The van der Waals surface area contributed by atoms with Crippen LogP contribution < -0.4 is 19.7 Å². The minimum atomic E-state index is -0.893. The Morgan fingerprint density at radius 2 is 2.03 bits per heavy atom. The molecular formula is C25H30N6O5. The summed E-state index contributed by atoms with van der Waals surface area (Å²) in [6.07, 6.45) is 2.98. The minimum Gasteiger partial charge on any atom is -0.495 e. The Kier molecular flexibility index (Phi) is 6.29. The molecule has 2 aliphatic rings. The van der Waals surface area contributed by atoms with Crippen molar-refractivity contribution < 1.29 is 24.2 Å². The number of carboxylic acid groups (broad SMARTS) is 1. The molecule has 1 aromatic carbocycles. The molecule has 0 bridgehead atoms. The fourth-order valence-corrected chi connectivity index (χ4v) is 4.81. The van der Waals surface area contributed by atoms with Gasteiger partial charge in [0.1, 0.15) is 17.4 Å². The number of hydrogen-bond donors (Lipinski definition) is 2. The topological polar surface area (TPSA) is 122 Å². The summed E-state index contributed by atoms with van der Waals surface area (Å²) in [7, 11) is 1.62. The number of amides is 2. The number of carbonyl (C=O) groups excluding carboxylic acids is 1. The van der Waals surface area contributed by atoms with Gasteiger partial charge in [-0.25, -0.2) is 14.3 Å². The van der Waals surface area contributed by atoms with Crippen LogP contribution in [0.5, 0.6) is 11.6 Å². The van der Waals surface area contributed by atoms with Crippen molar-refractivity contribution in [3.05, 3.63) is 36.2 Å². The van der Waals surface area contributed by atoms with Crippen molar-refractivity contribution in [2.45, 2.75) is 26.4 Å². The summed E-state index contributed by atoms with van der Waals surface area (Å²) in [5, 5.41) is 16.6. The predicted molar refractivity (Wildman–Crippen MR) is 133 cm³/mol. The number of aryl methyl sites for hydroxylation is 1.